The lowest BCUT2D eigenvalue weighted by molar-refractivity contribution is -0.121. The molecule has 0 bridgehead atoms. The molecule has 4 rings (SSSR count). The normalized spacial score (nSPS) is 19.3. The van der Waals surface area contributed by atoms with Crippen LogP contribution in [0.4, 0.5) is 11.8 Å². The molecule has 0 radical (unpaired) electrons. The molecule has 3 aromatic rings. The van der Waals surface area contributed by atoms with Crippen LogP contribution in [0, 0.1) is 0 Å². The fourth-order valence-electron chi connectivity index (χ4n) is 3.82. The fourth-order valence-corrected chi connectivity index (χ4v) is 3.82. The zero-order valence-electron chi connectivity index (χ0n) is 16.0. The summed E-state index contributed by atoms with van der Waals surface area (Å²) in [6.45, 7) is 1.24. The number of rotatable bonds is 5. The molecule has 1 aliphatic heterocycles. The summed E-state index contributed by atoms with van der Waals surface area (Å²) >= 11 is 0. The van der Waals surface area contributed by atoms with Crippen LogP contribution < -0.4 is 16.0 Å². The van der Waals surface area contributed by atoms with Gasteiger partial charge in [0, 0.05) is 44.7 Å². The van der Waals surface area contributed by atoms with Crippen LogP contribution in [0.5, 0.6) is 0 Å². The van der Waals surface area contributed by atoms with Crippen molar-refractivity contribution in [1.82, 2.24) is 19.9 Å². The lowest BCUT2D eigenvalue weighted by Crippen LogP contribution is -2.44. The Hall–Kier alpha value is -3.13. The van der Waals surface area contributed by atoms with Crippen molar-refractivity contribution in [1.29, 1.82) is 0 Å². The van der Waals surface area contributed by atoms with E-state index in [2.05, 4.69) is 38.1 Å². The highest BCUT2D eigenvalue weighted by Crippen LogP contribution is 2.21. The SMILES string of the molecule is CO[C@@H]1CN(c2ccnc(N)n2)C[C@@H]1NC(=O)Cc1cc2ccccc2n1C. The minimum atomic E-state index is -0.122. The standard InChI is InChI=1S/C20H24N6O2/c1-25-14(9-13-5-3-4-6-16(13)25)10-19(27)23-15-11-26(12-17(15)28-2)18-7-8-22-20(21)24-18/h3-9,15,17H,10-12H2,1-2H3,(H,23,27)(H2,21,22,24)/t15-,17+/m0/s1. The number of benzene rings is 1. The number of fused-ring (bicyclic) bond motifs is 1. The molecule has 3 N–H and O–H groups in total. The molecular weight excluding hydrogens is 356 g/mol. The molecular formula is C20H24N6O2. The maximum absolute atomic E-state index is 12.7. The lowest BCUT2D eigenvalue weighted by Gasteiger charge is -2.18. The smallest absolute Gasteiger partial charge is 0.226 e. The predicted molar refractivity (Wildman–Crippen MR) is 108 cm³/mol. The van der Waals surface area contributed by atoms with Crippen LogP contribution in [0.1, 0.15) is 5.69 Å². The van der Waals surface area contributed by atoms with E-state index in [4.69, 9.17) is 10.5 Å². The van der Waals surface area contributed by atoms with E-state index in [1.807, 2.05) is 30.1 Å². The first kappa shape index (κ1) is 18.2. The van der Waals surface area contributed by atoms with Gasteiger partial charge in [0.1, 0.15) is 5.82 Å². The Kier molecular flexibility index (Phi) is 4.87. The van der Waals surface area contributed by atoms with Crippen molar-refractivity contribution in [3.8, 4) is 0 Å². The minimum absolute atomic E-state index is 0.0259. The van der Waals surface area contributed by atoms with E-state index in [9.17, 15) is 4.79 Å². The van der Waals surface area contributed by atoms with E-state index in [1.54, 1.807) is 13.3 Å². The Morgan fingerprint density at radius 1 is 1.32 bits per heavy atom. The fraction of sp³-hybridized carbons (Fsp3) is 0.350. The average molecular weight is 380 g/mol. The van der Waals surface area contributed by atoms with Gasteiger partial charge < -0.3 is 25.3 Å². The zero-order chi connectivity index (χ0) is 19.7. The van der Waals surface area contributed by atoms with Gasteiger partial charge in [0.15, 0.2) is 0 Å². The van der Waals surface area contributed by atoms with E-state index < -0.39 is 0 Å². The number of aryl methyl sites for hydroxylation is 1. The topological polar surface area (TPSA) is 98.3 Å². The number of para-hydroxylation sites is 1. The molecule has 1 fully saturated rings. The summed E-state index contributed by atoms with van der Waals surface area (Å²) < 4.78 is 7.66. The van der Waals surface area contributed by atoms with Crippen LogP contribution in [0.3, 0.4) is 0 Å². The number of carbonyl (C=O) groups is 1. The third-order valence-electron chi connectivity index (χ3n) is 5.29. The van der Waals surface area contributed by atoms with Crippen molar-refractivity contribution in [2.75, 3.05) is 30.8 Å². The zero-order valence-corrected chi connectivity index (χ0v) is 16.0. The van der Waals surface area contributed by atoms with Crippen LogP contribution >= 0.6 is 0 Å². The van der Waals surface area contributed by atoms with Crippen LogP contribution in [-0.4, -0.2) is 52.8 Å². The van der Waals surface area contributed by atoms with E-state index in [0.29, 0.717) is 19.5 Å². The molecule has 146 valence electrons. The number of nitrogens with two attached hydrogens (primary N) is 1. The largest absolute Gasteiger partial charge is 0.377 e. The molecule has 28 heavy (non-hydrogen) atoms. The third kappa shape index (κ3) is 3.50. The highest BCUT2D eigenvalue weighted by Gasteiger charge is 2.34. The van der Waals surface area contributed by atoms with E-state index in [-0.39, 0.29) is 24.0 Å². The average Bonchev–Trinajstić information content (AvgIpc) is 3.23. The van der Waals surface area contributed by atoms with Gasteiger partial charge >= 0.3 is 0 Å². The second kappa shape index (κ2) is 7.47. The first-order valence-electron chi connectivity index (χ1n) is 9.24. The number of nitrogens with zero attached hydrogens (tertiary/aromatic N) is 4. The molecule has 0 saturated carbocycles. The van der Waals surface area contributed by atoms with Crippen molar-refractivity contribution < 1.29 is 9.53 Å². The van der Waals surface area contributed by atoms with Crippen molar-refractivity contribution in [3.05, 3.63) is 48.3 Å². The van der Waals surface area contributed by atoms with Gasteiger partial charge in [-0.3, -0.25) is 4.79 Å². The summed E-state index contributed by atoms with van der Waals surface area (Å²) in [6, 6.07) is 11.9. The number of nitrogen functional groups attached to an aromatic ring is 1. The molecule has 2 atom stereocenters. The van der Waals surface area contributed by atoms with E-state index in [1.165, 1.54) is 0 Å². The van der Waals surface area contributed by atoms with Gasteiger partial charge in [0.05, 0.1) is 18.6 Å². The lowest BCUT2D eigenvalue weighted by atomic mass is 10.2. The summed E-state index contributed by atoms with van der Waals surface area (Å²) in [5.41, 5.74) is 7.79. The number of nitrogens with one attached hydrogen (secondary N) is 1. The first-order valence-corrected chi connectivity index (χ1v) is 9.24. The summed E-state index contributed by atoms with van der Waals surface area (Å²) in [7, 11) is 3.64. The predicted octanol–water partition coefficient (Wildman–Crippen LogP) is 1.11. The quantitative estimate of drug-likeness (QED) is 0.688. The summed E-state index contributed by atoms with van der Waals surface area (Å²) in [4.78, 5) is 23.0. The molecule has 2 aromatic heterocycles. The van der Waals surface area contributed by atoms with Gasteiger partial charge in [-0.05, 0) is 23.6 Å². The molecule has 0 spiro atoms. The first-order chi connectivity index (χ1) is 13.5. The highest BCUT2D eigenvalue weighted by molar-refractivity contribution is 5.85. The number of amides is 1. The summed E-state index contributed by atoms with van der Waals surface area (Å²) in [6.07, 6.45) is 1.83. The molecule has 1 aromatic carbocycles. The number of ether oxygens (including phenoxy) is 1. The minimum Gasteiger partial charge on any atom is -0.377 e. The van der Waals surface area contributed by atoms with Crippen LogP contribution in [-0.2, 0) is 23.0 Å². The molecule has 0 unspecified atom stereocenters. The molecule has 8 heteroatoms. The van der Waals surface area contributed by atoms with Gasteiger partial charge in [0.25, 0.3) is 0 Å². The summed E-state index contributed by atoms with van der Waals surface area (Å²) in [5, 5.41) is 4.26. The number of methoxy groups -OCH3 is 1. The number of hydrogen-bond donors (Lipinski definition) is 2. The number of aromatic nitrogens is 3. The van der Waals surface area contributed by atoms with Crippen LogP contribution in [0.2, 0.25) is 0 Å². The number of hydrogen-bond acceptors (Lipinski definition) is 6. The van der Waals surface area contributed by atoms with Gasteiger partial charge in [-0.15, -0.1) is 0 Å². The van der Waals surface area contributed by atoms with E-state index >= 15 is 0 Å². The molecule has 3 heterocycles. The monoisotopic (exact) mass is 380 g/mol. The van der Waals surface area contributed by atoms with Crippen molar-refractivity contribution >= 4 is 28.6 Å². The van der Waals surface area contributed by atoms with Gasteiger partial charge in [-0.25, -0.2) is 4.98 Å². The third-order valence-corrected chi connectivity index (χ3v) is 5.29. The second-order valence-electron chi connectivity index (χ2n) is 7.06. The van der Waals surface area contributed by atoms with Crippen molar-refractivity contribution in [3.63, 3.8) is 0 Å². The molecule has 8 nitrogen and oxygen atoms in total. The number of carbonyl (C=O) groups excluding carboxylic acids is 1. The van der Waals surface area contributed by atoms with Gasteiger partial charge in [-0.2, -0.15) is 4.98 Å². The Balaban J connectivity index is 1.45. The van der Waals surface area contributed by atoms with Crippen molar-refractivity contribution in [2.45, 2.75) is 18.6 Å². The van der Waals surface area contributed by atoms with E-state index in [0.717, 1.165) is 22.4 Å². The van der Waals surface area contributed by atoms with Crippen LogP contribution in [0.25, 0.3) is 10.9 Å². The molecule has 1 aliphatic rings. The number of anilines is 2. The van der Waals surface area contributed by atoms with Gasteiger partial charge in [-0.1, -0.05) is 18.2 Å². The Bertz CT molecular complexity index is 1000. The Labute approximate surface area is 163 Å². The van der Waals surface area contributed by atoms with Crippen molar-refractivity contribution in [2.24, 2.45) is 7.05 Å². The van der Waals surface area contributed by atoms with Gasteiger partial charge in [0.2, 0.25) is 11.9 Å². The maximum Gasteiger partial charge on any atom is 0.226 e. The molecule has 1 amide bonds. The Morgan fingerprint density at radius 2 is 2.14 bits per heavy atom. The molecule has 0 aliphatic carbocycles. The molecule has 1 saturated heterocycles. The highest BCUT2D eigenvalue weighted by atomic mass is 16.5. The summed E-state index contributed by atoms with van der Waals surface area (Å²) in [5.74, 6) is 0.941. The van der Waals surface area contributed by atoms with Crippen LogP contribution in [0.15, 0.2) is 42.6 Å². The second-order valence-corrected chi connectivity index (χ2v) is 7.06. The Morgan fingerprint density at radius 3 is 2.89 bits per heavy atom. The maximum atomic E-state index is 12.7.